The molecule has 8 heteroatoms. The Balaban J connectivity index is 1.59. The highest BCUT2D eigenvalue weighted by atomic mass is 32.2. The average molecular weight is 501 g/mol. The summed E-state index contributed by atoms with van der Waals surface area (Å²) in [6.07, 6.45) is 5.86. The smallest absolute Gasteiger partial charge is 0.267 e. The quantitative estimate of drug-likeness (QED) is 0.270. The summed E-state index contributed by atoms with van der Waals surface area (Å²) < 4.78 is 28.3. The van der Waals surface area contributed by atoms with Crippen molar-refractivity contribution in [1.29, 1.82) is 0 Å². The van der Waals surface area contributed by atoms with Crippen LogP contribution in [0.4, 0.5) is 11.4 Å². The Morgan fingerprint density at radius 1 is 0.972 bits per heavy atom. The molecule has 0 aliphatic carbocycles. The first-order chi connectivity index (χ1) is 17.2. The number of hydrogen-bond acceptors (Lipinski definition) is 5. The second-order valence-corrected chi connectivity index (χ2v) is 10.4. The first-order valence-electron chi connectivity index (χ1n) is 11.3. The Hall–Kier alpha value is -4.14. The molecule has 4 rings (SSSR count). The monoisotopic (exact) mass is 500 g/mol. The lowest BCUT2D eigenvalue weighted by molar-refractivity contribution is -0.111. The third-order valence-corrected chi connectivity index (χ3v) is 7.28. The molecule has 0 atom stereocenters. The molecule has 4 aromatic rings. The van der Waals surface area contributed by atoms with Gasteiger partial charge in [-0.2, -0.15) is 0 Å². The Labute approximate surface area is 211 Å². The largest absolute Gasteiger partial charge is 0.397 e. The second kappa shape index (κ2) is 10.6. The molecule has 1 heterocycles. The number of rotatable bonds is 8. The van der Waals surface area contributed by atoms with Gasteiger partial charge in [-0.3, -0.25) is 4.79 Å². The van der Waals surface area contributed by atoms with Crippen molar-refractivity contribution in [2.75, 3.05) is 25.1 Å². The number of hydrogen-bond donors (Lipinski definition) is 2. The number of nitrogens with one attached hydrogen (secondary N) is 1. The summed E-state index contributed by atoms with van der Waals surface area (Å²) in [7, 11) is -0.0450. The van der Waals surface area contributed by atoms with Crippen LogP contribution in [0.1, 0.15) is 11.1 Å². The lowest BCUT2D eigenvalue weighted by Gasteiger charge is -2.16. The van der Waals surface area contributed by atoms with E-state index in [1.807, 2.05) is 61.5 Å². The molecule has 0 unspecified atom stereocenters. The molecule has 3 aromatic carbocycles. The van der Waals surface area contributed by atoms with Gasteiger partial charge >= 0.3 is 0 Å². The Kier molecular flexibility index (Phi) is 7.38. The summed E-state index contributed by atoms with van der Waals surface area (Å²) in [6.45, 7) is 0.464. The normalized spacial score (nSPS) is 11.8. The Morgan fingerprint density at radius 3 is 2.42 bits per heavy atom. The van der Waals surface area contributed by atoms with Crippen LogP contribution in [-0.2, 0) is 21.4 Å². The van der Waals surface area contributed by atoms with Gasteiger partial charge in [0.25, 0.3) is 10.0 Å². The molecule has 3 N–H and O–H groups in total. The fourth-order valence-corrected chi connectivity index (χ4v) is 5.22. The molecule has 0 saturated carbocycles. The topological polar surface area (TPSA) is 97.4 Å². The average Bonchev–Trinajstić information content (AvgIpc) is 3.34. The van der Waals surface area contributed by atoms with E-state index in [9.17, 15) is 13.2 Å². The van der Waals surface area contributed by atoms with Crippen LogP contribution in [-0.4, -0.2) is 37.3 Å². The van der Waals surface area contributed by atoms with E-state index in [1.165, 1.54) is 22.4 Å². The molecule has 1 aromatic heterocycles. The van der Waals surface area contributed by atoms with E-state index in [-0.39, 0.29) is 10.8 Å². The van der Waals surface area contributed by atoms with Crippen LogP contribution in [0.3, 0.4) is 0 Å². The minimum Gasteiger partial charge on any atom is -0.397 e. The van der Waals surface area contributed by atoms with Gasteiger partial charge in [0, 0.05) is 25.0 Å². The number of benzene rings is 3. The zero-order chi connectivity index (χ0) is 25.7. The van der Waals surface area contributed by atoms with Crippen LogP contribution in [0, 0.1) is 0 Å². The number of nitrogens with zero attached hydrogens (tertiary/aromatic N) is 2. The van der Waals surface area contributed by atoms with Gasteiger partial charge in [-0.15, -0.1) is 0 Å². The van der Waals surface area contributed by atoms with Crippen LogP contribution in [0.15, 0.2) is 102 Å². The van der Waals surface area contributed by atoms with Crippen molar-refractivity contribution in [1.82, 2.24) is 8.87 Å². The van der Waals surface area contributed by atoms with Crippen molar-refractivity contribution >= 4 is 33.4 Å². The summed E-state index contributed by atoms with van der Waals surface area (Å²) in [5.41, 5.74) is 10.1. The number of aromatic nitrogens is 1. The van der Waals surface area contributed by atoms with Gasteiger partial charge < -0.3 is 16.0 Å². The van der Waals surface area contributed by atoms with Gasteiger partial charge in [-0.1, -0.05) is 48.5 Å². The number of carbonyl (C=O) groups excluding carboxylic acids is 1. The highest BCUT2D eigenvalue weighted by Gasteiger charge is 2.21. The molecule has 0 fully saturated rings. The first kappa shape index (κ1) is 25.0. The number of nitrogen functional groups attached to an aromatic ring is 1. The van der Waals surface area contributed by atoms with Crippen molar-refractivity contribution in [3.8, 4) is 11.1 Å². The zero-order valence-electron chi connectivity index (χ0n) is 20.1. The summed E-state index contributed by atoms with van der Waals surface area (Å²) in [5, 5.41) is 2.71. The fourth-order valence-electron chi connectivity index (χ4n) is 3.82. The van der Waals surface area contributed by atoms with E-state index in [0.717, 1.165) is 11.1 Å². The lowest BCUT2D eigenvalue weighted by atomic mass is 10.0. The van der Waals surface area contributed by atoms with Crippen LogP contribution in [0.25, 0.3) is 17.2 Å². The van der Waals surface area contributed by atoms with E-state index >= 15 is 0 Å². The van der Waals surface area contributed by atoms with Crippen LogP contribution >= 0.6 is 0 Å². The lowest BCUT2D eigenvalue weighted by Crippen LogP contribution is -2.17. The third kappa shape index (κ3) is 5.73. The van der Waals surface area contributed by atoms with E-state index in [4.69, 9.17) is 5.73 Å². The molecule has 0 spiro atoms. The van der Waals surface area contributed by atoms with Crippen molar-refractivity contribution < 1.29 is 13.2 Å². The predicted molar refractivity (Wildman–Crippen MR) is 145 cm³/mol. The summed E-state index contributed by atoms with van der Waals surface area (Å²) in [5.74, 6) is -0.367. The molecule has 1 amide bonds. The standard InChI is InChI=1S/C28H28N4O3S/c1-31(2)20-24-18-23(22-8-4-3-5-9-22)13-14-27(24)36(34,35)32-17-16-21(19-32)12-15-28(33)30-26-11-7-6-10-25(26)29/h3-19H,20,29H2,1-2H3,(H,30,33)/b15-12+. The number of carbonyl (C=O) groups is 1. The first-order valence-corrected chi connectivity index (χ1v) is 12.8. The molecule has 0 aliphatic rings. The maximum absolute atomic E-state index is 13.5. The van der Waals surface area contributed by atoms with Gasteiger partial charge in [0.2, 0.25) is 5.91 Å². The molecule has 184 valence electrons. The Morgan fingerprint density at radius 2 is 1.69 bits per heavy atom. The third-order valence-electron chi connectivity index (χ3n) is 5.55. The SMILES string of the molecule is CN(C)Cc1cc(-c2ccccc2)ccc1S(=O)(=O)n1ccc(/C=C/C(=O)Nc2ccccc2N)c1. The molecule has 7 nitrogen and oxygen atoms in total. The zero-order valence-corrected chi connectivity index (χ0v) is 20.9. The predicted octanol–water partition coefficient (Wildman–Crippen LogP) is 4.69. The van der Waals surface area contributed by atoms with Crippen molar-refractivity contribution in [2.45, 2.75) is 11.4 Å². The maximum atomic E-state index is 13.5. The second-order valence-electron chi connectivity index (χ2n) is 8.62. The molecular weight excluding hydrogens is 472 g/mol. The van der Waals surface area contributed by atoms with Crippen LogP contribution < -0.4 is 11.1 Å². The van der Waals surface area contributed by atoms with Gasteiger partial charge in [0.15, 0.2) is 0 Å². The molecule has 0 radical (unpaired) electrons. The van der Waals surface area contributed by atoms with Crippen molar-refractivity contribution in [2.24, 2.45) is 0 Å². The fraction of sp³-hybridized carbons (Fsp3) is 0.107. The van der Waals surface area contributed by atoms with Crippen LogP contribution in [0.5, 0.6) is 0 Å². The summed E-state index contributed by atoms with van der Waals surface area (Å²) >= 11 is 0. The molecule has 36 heavy (non-hydrogen) atoms. The van der Waals surface area contributed by atoms with E-state index in [0.29, 0.717) is 29.0 Å². The number of amides is 1. The Bertz CT molecular complexity index is 1510. The minimum atomic E-state index is -3.85. The number of anilines is 2. The summed E-state index contributed by atoms with van der Waals surface area (Å²) in [6, 6.07) is 23.8. The van der Waals surface area contributed by atoms with Crippen molar-refractivity contribution in [3.63, 3.8) is 0 Å². The molecule has 0 bridgehead atoms. The van der Waals surface area contributed by atoms with Crippen LogP contribution in [0.2, 0.25) is 0 Å². The van der Waals surface area contributed by atoms with Gasteiger partial charge in [-0.25, -0.2) is 12.4 Å². The number of nitrogens with two attached hydrogens (primary N) is 1. The maximum Gasteiger partial charge on any atom is 0.267 e. The van der Waals surface area contributed by atoms with Crippen molar-refractivity contribution in [3.05, 3.63) is 108 Å². The highest BCUT2D eigenvalue weighted by molar-refractivity contribution is 7.90. The molecule has 0 saturated heterocycles. The van der Waals surface area contributed by atoms with Gasteiger partial charge in [-0.05, 0) is 72.8 Å². The number of para-hydroxylation sites is 2. The molecule has 0 aliphatic heterocycles. The highest BCUT2D eigenvalue weighted by Crippen LogP contribution is 2.27. The molecular formula is C28H28N4O3S. The minimum absolute atomic E-state index is 0.235. The van der Waals surface area contributed by atoms with E-state index in [2.05, 4.69) is 5.32 Å². The van der Waals surface area contributed by atoms with Gasteiger partial charge in [0.05, 0.1) is 16.3 Å². The van der Waals surface area contributed by atoms with E-state index < -0.39 is 10.0 Å². The summed E-state index contributed by atoms with van der Waals surface area (Å²) in [4.78, 5) is 14.4. The van der Waals surface area contributed by atoms with E-state index in [1.54, 1.807) is 42.5 Å². The van der Waals surface area contributed by atoms with Gasteiger partial charge in [0.1, 0.15) is 0 Å².